The molecule has 218 valence electrons. The fourth-order valence-corrected chi connectivity index (χ4v) is 4.20. The largest absolute Gasteiger partial charge is 0.480 e. The Labute approximate surface area is 234 Å². The number of amides is 3. The van der Waals surface area contributed by atoms with Crippen molar-refractivity contribution in [2.75, 3.05) is 18.6 Å². The maximum absolute atomic E-state index is 13.4. The van der Waals surface area contributed by atoms with Crippen LogP contribution in [0.15, 0.2) is 35.3 Å². The Kier molecular flexibility index (Phi) is 15.6. The lowest BCUT2D eigenvalue weighted by atomic mass is 10.00. The van der Waals surface area contributed by atoms with Gasteiger partial charge in [-0.1, -0.05) is 44.2 Å². The van der Waals surface area contributed by atoms with Gasteiger partial charge in [0.1, 0.15) is 18.1 Å². The number of hydrogen-bond donors (Lipinski definition) is 7. The van der Waals surface area contributed by atoms with E-state index in [2.05, 4.69) is 20.9 Å². The average molecular weight is 566 g/mol. The summed E-state index contributed by atoms with van der Waals surface area (Å²) >= 11 is 1.47. The minimum atomic E-state index is -1.15. The molecule has 0 radical (unpaired) electrons. The third kappa shape index (κ3) is 13.9. The number of hydrogen-bond acceptors (Lipinski definition) is 7. The summed E-state index contributed by atoms with van der Waals surface area (Å²) in [6.45, 7) is 4.13. The number of aliphatic imine (C=N–C) groups is 1. The van der Waals surface area contributed by atoms with Crippen LogP contribution >= 0.6 is 11.8 Å². The van der Waals surface area contributed by atoms with Crippen molar-refractivity contribution in [2.24, 2.45) is 28.1 Å². The van der Waals surface area contributed by atoms with Crippen LogP contribution in [0.3, 0.4) is 0 Å². The van der Waals surface area contributed by atoms with Gasteiger partial charge in [0, 0.05) is 13.0 Å². The van der Waals surface area contributed by atoms with E-state index < -0.39 is 47.9 Å². The highest BCUT2D eigenvalue weighted by Gasteiger charge is 2.30. The van der Waals surface area contributed by atoms with Crippen LogP contribution in [0, 0.1) is 5.92 Å². The molecule has 0 saturated carbocycles. The molecule has 0 aliphatic heterocycles. The zero-order chi connectivity index (χ0) is 29.4. The monoisotopic (exact) mass is 565 g/mol. The molecule has 10 N–H and O–H groups in total. The Morgan fingerprint density at radius 2 is 1.51 bits per heavy atom. The van der Waals surface area contributed by atoms with Gasteiger partial charge in [-0.25, -0.2) is 4.79 Å². The number of carboxylic acid groups (broad SMARTS) is 1. The van der Waals surface area contributed by atoms with E-state index in [1.165, 1.54) is 11.8 Å². The van der Waals surface area contributed by atoms with E-state index in [1.807, 2.05) is 38.3 Å². The van der Waals surface area contributed by atoms with Gasteiger partial charge in [-0.05, 0) is 49.2 Å². The zero-order valence-corrected chi connectivity index (χ0v) is 23.7. The number of guanidine groups is 1. The Hall–Kier alpha value is -3.32. The van der Waals surface area contributed by atoms with Crippen molar-refractivity contribution in [2.45, 2.75) is 70.1 Å². The molecule has 0 heterocycles. The molecule has 0 saturated heterocycles. The van der Waals surface area contributed by atoms with Gasteiger partial charge < -0.3 is 38.3 Å². The van der Waals surface area contributed by atoms with E-state index in [-0.39, 0.29) is 24.7 Å². The van der Waals surface area contributed by atoms with Gasteiger partial charge in [-0.3, -0.25) is 19.4 Å². The van der Waals surface area contributed by atoms with E-state index >= 15 is 0 Å². The lowest BCUT2D eigenvalue weighted by Crippen LogP contribution is -2.57. The van der Waals surface area contributed by atoms with Gasteiger partial charge in [0.25, 0.3) is 0 Å². The topological polar surface area (TPSA) is 215 Å². The molecule has 4 atom stereocenters. The van der Waals surface area contributed by atoms with Gasteiger partial charge in [0.2, 0.25) is 17.7 Å². The molecule has 0 bridgehead atoms. The van der Waals surface area contributed by atoms with E-state index in [4.69, 9.17) is 17.2 Å². The van der Waals surface area contributed by atoms with Crippen molar-refractivity contribution in [3.05, 3.63) is 35.9 Å². The van der Waals surface area contributed by atoms with Crippen LogP contribution in [0.2, 0.25) is 0 Å². The molecule has 0 fully saturated rings. The molecule has 39 heavy (non-hydrogen) atoms. The van der Waals surface area contributed by atoms with E-state index in [0.717, 1.165) is 5.56 Å². The summed E-state index contributed by atoms with van der Waals surface area (Å²) in [4.78, 5) is 54.9. The van der Waals surface area contributed by atoms with Crippen molar-refractivity contribution in [1.29, 1.82) is 0 Å². The fourth-order valence-electron chi connectivity index (χ4n) is 3.73. The number of thioether (sulfide) groups is 1. The van der Waals surface area contributed by atoms with Crippen molar-refractivity contribution in [3.63, 3.8) is 0 Å². The second-order valence-electron chi connectivity index (χ2n) is 9.68. The molecule has 0 aliphatic rings. The van der Waals surface area contributed by atoms with Crippen LogP contribution in [0.5, 0.6) is 0 Å². The average Bonchev–Trinajstić information content (AvgIpc) is 2.87. The summed E-state index contributed by atoms with van der Waals surface area (Å²) in [6, 6.07) is 5.08. The first-order valence-electron chi connectivity index (χ1n) is 12.9. The Bertz CT molecular complexity index is 957. The number of nitrogens with two attached hydrogens (primary N) is 3. The third-order valence-electron chi connectivity index (χ3n) is 5.79. The van der Waals surface area contributed by atoms with E-state index in [0.29, 0.717) is 31.6 Å². The van der Waals surface area contributed by atoms with Crippen molar-refractivity contribution in [3.8, 4) is 0 Å². The second kappa shape index (κ2) is 18.1. The zero-order valence-electron chi connectivity index (χ0n) is 22.9. The Morgan fingerprint density at radius 1 is 0.923 bits per heavy atom. The third-order valence-corrected chi connectivity index (χ3v) is 6.43. The van der Waals surface area contributed by atoms with Crippen LogP contribution in [0.1, 0.15) is 45.1 Å². The molecule has 1 aromatic rings. The van der Waals surface area contributed by atoms with E-state index in [9.17, 15) is 24.3 Å². The summed E-state index contributed by atoms with van der Waals surface area (Å²) in [5.41, 5.74) is 17.4. The lowest BCUT2D eigenvalue weighted by molar-refractivity contribution is -0.142. The van der Waals surface area contributed by atoms with Crippen LogP contribution in [0.25, 0.3) is 0 Å². The minimum Gasteiger partial charge on any atom is -0.480 e. The minimum absolute atomic E-state index is 0.0449. The number of benzene rings is 1. The van der Waals surface area contributed by atoms with Crippen molar-refractivity contribution < 1.29 is 24.3 Å². The normalized spacial score (nSPS) is 14.0. The predicted octanol–water partition coefficient (Wildman–Crippen LogP) is -0.0518. The number of carbonyl (C=O) groups is 4. The molecule has 1 rings (SSSR count). The second-order valence-corrected chi connectivity index (χ2v) is 10.7. The quantitative estimate of drug-likeness (QED) is 0.0720. The van der Waals surface area contributed by atoms with Crippen LogP contribution in [-0.2, 0) is 25.6 Å². The summed E-state index contributed by atoms with van der Waals surface area (Å²) in [5, 5.41) is 17.5. The molecule has 13 heteroatoms. The van der Waals surface area contributed by atoms with E-state index in [1.54, 1.807) is 12.1 Å². The highest BCUT2D eigenvalue weighted by Crippen LogP contribution is 2.10. The summed E-state index contributed by atoms with van der Waals surface area (Å²) < 4.78 is 0. The molecule has 3 amide bonds. The maximum Gasteiger partial charge on any atom is 0.326 e. The molecule has 0 aromatic heterocycles. The summed E-state index contributed by atoms with van der Waals surface area (Å²) in [5.74, 6) is -2.29. The molecular weight excluding hydrogens is 522 g/mol. The number of nitrogens with one attached hydrogen (secondary N) is 3. The number of carbonyl (C=O) groups excluding carboxylic acids is 3. The molecule has 4 unspecified atom stereocenters. The lowest BCUT2D eigenvalue weighted by Gasteiger charge is -2.26. The summed E-state index contributed by atoms with van der Waals surface area (Å²) in [7, 11) is 0. The highest BCUT2D eigenvalue weighted by molar-refractivity contribution is 7.98. The van der Waals surface area contributed by atoms with Gasteiger partial charge in [0.15, 0.2) is 5.96 Å². The van der Waals surface area contributed by atoms with Crippen molar-refractivity contribution >= 4 is 41.4 Å². The smallest absolute Gasteiger partial charge is 0.326 e. The molecule has 0 aliphatic carbocycles. The first-order valence-corrected chi connectivity index (χ1v) is 14.3. The number of carboxylic acids is 1. The fraction of sp³-hybridized carbons (Fsp3) is 0.577. The molecular formula is C26H43N7O5S. The maximum atomic E-state index is 13.4. The number of rotatable bonds is 18. The standard InChI is InChI=1S/C26H43N7O5S/c1-16(2)14-20(32-22(34)18(27)10-7-12-30-26(28)29)23(35)33-21(15-17-8-5-4-6-9-17)24(36)31-19(25(37)38)11-13-39-3/h4-6,8-9,16,18-21H,7,10-15,27H2,1-3H3,(H,31,36)(H,32,34)(H,33,35)(H,37,38)(H4,28,29,30). The molecule has 12 nitrogen and oxygen atoms in total. The van der Waals surface area contributed by atoms with Crippen LogP contribution in [-0.4, -0.2) is 77.5 Å². The molecule has 1 aromatic carbocycles. The van der Waals surface area contributed by atoms with Gasteiger partial charge in [-0.15, -0.1) is 0 Å². The SMILES string of the molecule is CSCCC(NC(=O)C(Cc1ccccc1)NC(=O)C(CC(C)C)NC(=O)C(N)CCCN=C(N)N)C(=O)O. The highest BCUT2D eigenvalue weighted by atomic mass is 32.2. The Balaban J connectivity index is 3.02. The van der Waals surface area contributed by atoms with Crippen LogP contribution in [0.4, 0.5) is 0 Å². The van der Waals surface area contributed by atoms with Gasteiger partial charge in [-0.2, -0.15) is 11.8 Å². The first-order chi connectivity index (χ1) is 18.4. The van der Waals surface area contributed by atoms with Gasteiger partial charge >= 0.3 is 5.97 Å². The Morgan fingerprint density at radius 3 is 2.08 bits per heavy atom. The van der Waals surface area contributed by atoms with Gasteiger partial charge in [0.05, 0.1) is 6.04 Å². The van der Waals surface area contributed by atoms with Crippen molar-refractivity contribution in [1.82, 2.24) is 16.0 Å². The summed E-state index contributed by atoms with van der Waals surface area (Å²) in [6.07, 6.45) is 3.32. The van der Waals surface area contributed by atoms with Crippen LogP contribution < -0.4 is 33.2 Å². The molecule has 0 spiro atoms. The first kappa shape index (κ1) is 33.7. The number of aliphatic carboxylic acids is 1. The predicted molar refractivity (Wildman–Crippen MR) is 154 cm³/mol. The number of nitrogens with zero attached hydrogens (tertiary/aromatic N) is 1.